The van der Waals surface area contributed by atoms with Crippen molar-refractivity contribution in [2.45, 2.75) is 20.8 Å². The average Bonchev–Trinajstić information content (AvgIpc) is 2.49. The summed E-state index contributed by atoms with van der Waals surface area (Å²) in [5, 5.41) is 22.5. The average molecular weight is 284 g/mol. The van der Waals surface area contributed by atoms with Crippen molar-refractivity contribution >= 4 is 17.3 Å². The van der Waals surface area contributed by atoms with Gasteiger partial charge >= 0.3 is 0 Å². The van der Waals surface area contributed by atoms with Crippen molar-refractivity contribution in [3.05, 3.63) is 52.8 Å². The van der Waals surface area contributed by atoms with Gasteiger partial charge in [0.2, 0.25) is 0 Å². The Morgan fingerprint density at radius 1 is 1.19 bits per heavy atom. The van der Waals surface area contributed by atoms with Crippen LogP contribution in [-0.2, 0) is 0 Å². The zero-order chi connectivity index (χ0) is 15.4. The molecule has 2 aromatic rings. The molecule has 0 saturated heterocycles. The van der Waals surface area contributed by atoms with Crippen LogP contribution in [0.15, 0.2) is 35.5 Å². The van der Waals surface area contributed by atoms with Gasteiger partial charge in [-0.2, -0.15) is 10.2 Å². The van der Waals surface area contributed by atoms with E-state index in [4.69, 9.17) is 5.21 Å². The molecule has 0 fully saturated rings. The molecule has 0 aliphatic rings. The van der Waals surface area contributed by atoms with E-state index in [1.54, 1.807) is 51.1 Å². The molecule has 0 radical (unpaired) electrons. The van der Waals surface area contributed by atoms with Gasteiger partial charge in [0.15, 0.2) is 0 Å². The van der Waals surface area contributed by atoms with Gasteiger partial charge in [-0.1, -0.05) is 17.3 Å². The van der Waals surface area contributed by atoms with E-state index < -0.39 is 0 Å². The van der Waals surface area contributed by atoms with Crippen LogP contribution >= 0.6 is 0 Å². The summed E-state index contributed by atoms with van der Waals surface area (Å²) in [6, 6.07) is 8.74. The van der Waals surface area contributed by atoms with Crippen LogP contribution < -0.4 is 5.32 Å². The largest absolute Gasteiger partial charge is 0.411 e. The van der Waals surface area contributed by atoms with Crippen molar-refractivity contribution in [1.29, 1.82) is 0 Å². The lowest BCUT2D eigenvalue weighted by Gasteiger charge is -2.08. The molecule has 0 bridgehead atoms. The third kappa shape index (κ3) is 3.42. The monoisotopic (exact) mass is 284 g/mol. The van der Waals surface area contributed by atoms with Crippen LogP contribution in [0.5, 0.6) is 0 Å². The molecule has 0 aliphatic heterocycles. The first-order valence-electron chi connectivity index (χ1n) is 6.42. The fourth-order valence-corrected chi connectivity index (χ4v) is 1.83. The van der Waals surface area contributed by atoms with Crippen LogP contribution in [0.25, 0.3) is 0 Å². The number of nitrogens with one attached hydrogen (secondary N) is 1. The second-order valence-corrected chi connectivity index (χ2v) is 4.70. The van der Waals surface area contributed by atoms with Gasteiger partial charge in [0, 0.05) is 5.69 Å². The second-order valence-electron chi connectivity index (χ2n) is 4.70. The maximum absolute atomic E-state index is 12.2. The van der Waals surface area contributed by atoms with Crippen molar-refractivity contribution < 1.29 is 10.0 Å². The Morgan fingerprint density at radius 3 is 2.48 bits per heavy atom. The van der Waals surface area contributed by atoms with Gasteiger partial charge in [0.25, 0.3) is 5.91 Å². The SMILES string of the molecule is C/C(=N/O)c1ccc(NC(=O)c2cc(C)nnc2C)cc1. The van der Waals surface area contributed by atoms with Crippen LogP contribution in [0.4, 0.5) is 5.69 Å². The topological polar surface area (TPSA) is 87.5 Å². The molecular weight excluding hydrogens is 268 g/mol. The second kappa shape index (κ2) is 6.13. The van der Waals surface area contributed by atoms with Crippen molar-refractivity contribution in [1.82, 2.24) is 10.2 Å². The van der Waals surface area contributed by atoms with Gasteiger partial charge < -0.3 is 10.5 Å². The third-order valence-corrected chi connectivity index (χ3v) is 3.06. The smallest absolute Gasteiger partial charge is 0.257 e. The lowest BCUT2D eigenvalue weighted by molar-refractivity contribution is 0.102. The summed E-state index contributed by atoms with van der Waals surface area (Å²) in [6.45, 7) is 5.23. The predicted octanol–water partition coefficient (Wildman–Crippen LogP) is 2.54. The van der Waals surface area contributed by atoms with Gasteiger partial charge in [0.05, 0.1) is 22.7 Å². The molecular formula is C15H16N4O2. The number of aryl methyl sites for hydroxylation is 2. The van der Waals surface area contributed by atoms with Crippen LogP contribution in [-0.4, -0.2) is 27.0 Å². The Morgan fingerprint density at radius 2 is 1.86 bits per heavy atom. The minimum Gasteiger partial charge on any atom is -0.411 e. The number of nitrogens with zero attached hydrogens (tertiary/aromatic N) is 3. The Balaban J connectivity index is 2.18. The number of hydrogen-bond acceptors (Lipinski definition) is 5. The molecule has 0 atom stereocenters. The summed E-state index contributed by atoms with van der Waals surface area (Å²) >= 11 is 0. The van der Waals surface area contributed by atoms with Crippen molar-refractivity contribution in [3.63, 3.8) is 0 Å². The number of hydrogen-bond donors (Lipinski definition) is 2. The molecule has 0 spiro atoms. The maximum atomic E-state index is 12.2. The number of aromatic nitrogens is 2. The van der Waals surface area contributed by atoms with Gasteiger partial charge in [0.1, 0.15) is 0 Å². The summed E-state index contributed by atoms with van der Waals surface area (Å²) in [6.07, 6.45) is 0. The lowest BCUT2D eigenvalue weighted by Crippen LogP contribution is -2.15. The number of amides is 1. The summed E-state index contributed by atoms with van der Waals surface area (Å²) in [5.41, 5.74) is 3.72. The first kappa shape index (κ1) is 14.6. The third-order valence-electron chi connectivity index (χ3n) is 3.06. The highest BCUT2D eigenvalue weighted by atomic mass is 16.4. The molecule has 21 heavy (non-hydrogen) atoms. The minimum absolute atomic E-state index is 0.231. The predicted molar refractivity (Wildman–Crippen MR) is 79.9 cm³/mol. The van der Waals surface area contributed by atoms with Gasteiger partial charge in [-0.15, -0.1) is 0 Å². The first-order chi connectivity index (χ1) is 10.0. The van der Waals surface area contributed by atoms with E-state index in [0.717, 1.165) is 5.56 Å². The molecule has 2 rings (SSSR count). The molecule has 108 valence electrons. The van der Waals surface area contributed by atoms with Gasteiger partial charge in [-0.3, -0.25) is 4.79 Å². The molecule has 1 aromatic heterocycles. The molecule has 2 N–H and O–H groups in total. The Kier molecular flexibility index (Phi) is 4.27. The summed E-state index contributed by atoms with van der Waals surface area (Å²) in [4.78, 5) is 12.2. The van der Waals surface area contributed by atoms with E-state index >= 15 is 0 Å². The van der Waals surface area contributed by atoms with Crippen LogP contribution in [0.2, 0.25) is 0 Å². The highest BCUT2D eigenvalue weighted by Crippen LogP contribution is 2.13. The Hall–Kier alpha value is -2.76. The zero-order valence-electron chi connectivity index (χ0n) is 12.1. The standard InChI is InChI=1S/C15H16N4O2/c1-9-8-14(11(3)18-17-9)15(20)16-13-6-4-12(5-7-13)10(2)19-21/h4-8,21H,1-3H3,(H,16,20)/b19-10-. The number of benzene rings is 1. The molecule has 0 unspecified atom stereocenters. The Bertz CT molecular complexity index is 693. The fraction of sp³-hybridized carbons (Fsp3) is 0.200. The molecule has 0 aliphatic carbocycles. The molecule has 1 heterocycles. The Labute approximate surface area is 122 Å². The van der Waals surface area contributed by atoms with E-state index in [9.17, 15) is 4.79 Å². The first-order valence-corrected chi connectivity index (χ1v) is 6.42. The maximum Gasteiger partial charge on any atom is 0.257 e. The van der Waals surface area contributed by atoms with Crippen LogP contribution in [0, 0.1) is 13.8 Å². The lowest BCUT2D eigenvalue weighted by atomic mass is 10.1. The zero-order valence-corrected chi connectivity index (χ0v) is 12.1. The van der Waals surface area contributed by atoms with Crippen molar-refractivity contribution in [3.8, 4) is 0 Å². The molecule has 0 saturated carbocycles. The van der Waals surface area contributed by atoms with E-state index in [2.05, 4.69) is 20.7 Å². The molecule has 1 aromatic carbocycles. The normalized spacial score (nSPS) is 11.3. The van der Waals surface area contributed by atoms with Gasteiger partial charge in [-0.25, -0.2) is 0 Å². The summed E-state index contributed by atoms with van der Waals surface area (Å²) < 4.78 is 0. The van der Waals surface area contributed by atoms with Gasteiger partial charge in [-0.05, 0) is 44.5 Å². The molecule has 1 amide bonds. The number of rotatable bonds is 3. The van der Waals surface area contributed by atoms with E-state index in [-0.39, 0.29) is 5.91 Å². The van der Waals surface area contributed by atoms with Crippen molar-refractivity contribution in [2.24, 2.45) is 5.16 Å². The van der Waals surface area contributed by atoms with Crippen molar-refractivity contribution in [2.75, 3.05) is 5.32 Å². The fourth-order valence-electron chi connectivity index (χ4n) is 1.83. The highest BCUT2D eigenvalue weighted by Gasteiger charge is 2.11. The molecule has 6 heteroatoms. The van der Waals surface area contributed by atoms with Crippen LogP contribution in [0.1, 0.15) is 34.2 Å². The minimum atomic E-state index is -0.231. The summed E-state index contributed by atoms with van der Waals surface area (Å²) in [7, 11) is 0. The van der Waals surface area contributed by atoms with E-state index in [0.29, 0.717) is 28.4 Å². The summed E-state index contributed by atoms with van der Waals surface area (Å²) in [5.74, 6) is -0.231. The van der Waals surface area contributed by atoms with Crippen LogP contribution in [0.3, 0.4) is 0 Å². The number of carbonyl (C=O) groups is 1. The van der Waals surface area contributed by atoms with E-state index in [1.807, 2.05) is 0 Å². The number of oxime groups is 1. The quantitative estimate of drug-likeness (QED) is 0.515. The highest BCUT2D eigenvalue weighted by molar-refractivity contribution is 6.05. The molecule has 6 nitrogen and oxygen atoms in total. The van der Waals surface area contributed by atoms with E-state index in [1.165, 1.54) is 0 Å². The number of anilines is 1. The number of carbonyl (C=O) groups excluding carboxylic acids is 1.